The van der Waals surface area contributed by atoms with Crippen LogP contribution in [0.4, 0.5) is 16.0 Å². The normalized spacial score (nSPS) is 14.0. The molecule has 1 aliphatic heterocycles. The highest BCUT2D eigenvalue weighted by molar-refractivity contribution is 5.62. The fourth-order valence-electron chi connectivity index (χ4n) is 4.01. The van der Waals surface area contributed by atoms with Gasteiger partial charge in [-0.2, -0.15) is 5.10 Å². The zero-order chi connectivity index (χ0) is 22.5. The van der Waals surface area contributed by atoms with Crippen LogP contribution in [0.2, 0.25) is 0 Å². The first-order valence-electron chi connectivity index (χ1n) is 11.3. The maximum Gasteiger partial charge on any atom is 0.227 e. The number of nitrogens with one attached hydrogen (secondary N) is 1. The first kappa shape index (κ1) is 22.4. The van der Waals surface area contributed by atoms with Gasteiger partial charge in [-0.3, -0.25) is 9.58 Å². The monoisotopic (exact) mass is 438 g/mol. The van der Waals surface area contributed by atoms with E-state index in [2.05, 4.69) is 37.4 Å². The number of benzene rings is 1. The van der Waals surface area contributed by atoms with Crippen molar-refractivity contribution in [2.45, 2.75) is 52.1 Å². The standard InChI is InChI=1S/C24H31FN6O/c1-17(2)31-16-20(13-27-31)23-22(25)14-26-24(29-23)28-21-7-6-19-15-30(9-4-3-5-11-32)10-8-18(19)12-21/h6-7,12-14,16-17,32H,3-5,8-11,15H2,1-2H3,(H,26,28,29). The molecule has 170 valence electrons. The van der Waals surface area contributed by atoms with Gasteiger partial charge < -0.3 is 10.4 Å². The van der Waals surface area contributed by atoms with Gasteiger partial charge in [0.2, 0.25) is 5.95 Å². The summed E-state index contributed by atoms with van der Waals surface area (Å²) < 4.78 is 16.2. The van der Waals surface area contributed by atoms with Crippen LogP contribution in [-0.4, -0.2) is 49.5 Å². The number of rotatable bonds is 9. The average Bonchev–Trinajstić information content (AvgIpc) is 3.28. The van der Waals surface area contributed by atoms with Gasteiger partial charge >= 0.3 is 0 Å². The van der Waals surface area contributed by atoms with Crippen molar-refractivity contribution in [3.63, 3.8) is 0 Å². The van der Waals surface area contributed by atoms with Gasteiger partial charge in [0.1, 0.15) is 5.69 Å². The van der Waals surface area contributed by atoms with Gasteiger partial charge in [0.05, 0.1) is 12.4 Å². The molecule has 0 aliphatic carbocycles. The first-order chi connectivity index (χ1) is 15.5. The van der Waals surface area contributed by atoms with Crippen LogP contribution < -0.4 is 5.32 Å². The SMILES string of the molecule is CC(C)n1cc(-c2nc(Nc3ccc4c(c3)CCN(CCCCCO)C4)ncc2F)cn1. The average molecular weight is 439 g/mol. The van der Waals surface area contributed by atoms with Crippen LogP contribution in [0.3, 0.4) is 0 Å². The number of fused-ring (bicyclic) bond motifs is 1. The molecule has 0 bridgehead atoms. The van der Waals surface area contributed by atoms with Gasteiger partial charge in [0.15, 0.2) is 5.82 Å². The molecular formula is C24H31FN6O. The smallest absolute Gasteiger partial charge is 0.227 e. The molecular weight excluding hydrogens is 407 g/mol. The molecule has 8 heteroatoms. The molecule has 0 spiro atoms. The number of aromatic nitrogens is 4. The molecule has 0 amide bonds. The molecule has 0 atom stereocenters. The Hall–Kier alpha value is -2.84. The Morgan fingerprint density at radius 2 is 2.03 bits per heavy atom. The zero-order valence-electron chi connectivity index (χ0n) is 18.8. The van der Waals surface area contributed by atoms with Crippen molar-refractivity contribution in [3.8, 4) is 11.3 Å². The summed E-state index contributed by atoms with van der Waals surface area (Å²) in [5, 5.41) is 16.4. The number of nitrogens with zero attached hydrogens (tertiary/aromatic N) is 5. The first-order valence-corrected chi connectivity index (χ1v) is 11.3. The Bertz CT molecular complexity index is 1050. The summed E-state index contributed by atoms with van der Waals surface area (Å²) in [6, 6.07) is 6.51. The molecule has 1 aromatic carbocycles. The molecule has 0 radical (unpaired) electrons. The zero-order valence-corrected chi connectivity index (χ0v) is 18.8. The topological polar surface area (TPSA) is 79.1 Å². The van der Waals surface area contributed by atoms with Crippen LogP contribution in [0.1, 0.15) is 50.3 Å². The third kappa shape index (κ3) is 5.31. The quantitative estimate of drug-likeness (QED) is 0.484. The highest BCUT2D eigenvalue weighted by Crippen LogP contribution is 2.26. The summed E-state index contributed by atoms with van der Waals surface area (Å²) in [6.07, 6.45) is 8.69. The number of aliphatic hydroxyl groups is 1. The lowest BCUT2D eigenvalue weighted by atomic mass is 9.98. The van der Waals surface area contributed by atoms with E-state index in [1.165, 1.54) is 17.3 Å². The summed E-state index contributed by atoms with van der Waals surface area (Å²) in [7, 11) is 0. The van der Waals surface area contributed by atoms with Crippen molar-refractivity contribution < 1.29 is 9.50 Å². The fourth-order valence-corrected chi connectivity index (χ4v) is 4.01. The van der Waals surface area contributed by atoms with Crippen LogP contribution in [0.25, 0.3) is 11.3 Å². The van der Waals surface area contributed by atoms with E-state index in [0.29, 0.717) is 11.5 Å². The van der Waals surface area contributed by atoms with E-state index in [9.17, 15) is 4.39 Å². The van der Waals surface area contributed by atoms with Crippen LogP contribution >= 0.6 is 0 Å². The van der Waals surface area contributed by atoms with Gasteiger partial charge in [-0.15, -0.1) is 0 Å². The largest absolute Gasteiger partial charge is 0.396 e. The minimum atomic E-state index is -0.469. The highest BCUT2D eigenvalue weighted by Gasteiger charge is 2.17. The van der Waals surface area contributed by atoms with Crippen LogP contribution in [0.15, 0.2) is 36.8 Å². The van der Waals surface area contributed by atoms with E-state index >= 15 is 0 Å². The van der Waals surface area contributed by atoms with Gasteiger partial charge in [-0.1, -0.05) is 6.07 Å². The van der Waals surface area contributed by atoms with E-state index in [4.69, 9.17) is 5.11 Å². The summed E-state index contributed by atoms with van der Waals surface area (Å²) in [6.45, 7) is 7.37. The van der Waals surface area contributed by atoms with E-state index in [1.54, 1.807) is 17.1 Å². The van der Waals surface area contributed by atoms with E-state index in [1.807, 2.05) is 19.9 Å². The van der Waals surface area contributed by atoms with Gasteiger partial charge in [0, 0.05) is 43.2 Å². The summed E-state index contributed by atoms with van der Waals surface area (Å²) in [4.78, 5) is 11.0. The van der Waals surface area contributed by atoms with Crippen LogP contribution in [0, 0.1) is 5.82 Å². The Labute approximate surface area is 188 Å². The Morgan fingerprint density at radius 3 is 2.81 bits per heavy atom. The molecule has 2 N–H and O–H groups in total. The second-order valence-corrected chi connectivity index (χ2v) is 8.61. The minimum absolute atomic E-state index is 0.193. The molecule has 3 heterocycles. The fraction of sp³-hybridized carbons (Fsp3) is 0.458. The van der Waals surface area contributed by atoms with Gasteiger partial charge in [0.25, 0.3) is 0 Å². The molecule has 0 saturated carbocycles. The third-order valence-electron chi connectivity index (χ3n) is 5.83. The van der Waals surface area contributed by atoms with Crippen molar-refractivity contribution in [3.05, 3.63) is 53.7 Å². The Balaban J connectivity index is 1.44. The number of hydrogen-bond acceptors (Lipinski definition) is 6. The van der Waals surface area contributed by atoms with Crippen molar-refractivity contribution in [1.29, 1.82) is 0 Å². The summed E-state index contributed by atoms with van der Waals surface area (Å²) in [5.41, 5.74) is 4.43. The lowest BCUT2D eigenvalue weighted by molar-refractivity contribution is 0.239. The number of unbranched alkanes of at least 4 members (excludes halogenated alkanes) is 2. The molecule has 1 aliphatic rings. The third-order valence-corrected chi connectivity index (χ3v) is 5.83. The lowest BCUT2D eigenvalue weighted by Crippen LogP contribution is -2.31. The van der Waals surface area contributed by atoms with Crippen molar-refractivity contribution in [1.82, 2.24) is 24.6 Å². The lowest BCUT2D eigenvalue weighted by Gasteiger charge is -2.29. The second-order valence-electron chi connectivity index (χ2n) is 8.61. The predicted molar refractivity (Wildman–Crippen MR) is 123 cm³/mol. The van der Waals surface area contributed by atoms with Crippen LogP contribution in [-0.2, 0) is 13.0 Å². The molecule has 4 rings (SSSR count). The highest BCUT2D eigenvalue weighted by atomic mass is 19.1. The predicted octanol–water partition coefficient (Wildman–Crippen LogP) is 4.32. The summed E-state index contributed by atoms with van der Waals surface area (Å²) in [5.74, 6) is -0.108. The van der Waals surface area contributed by atoms with Crippen LogP contribution in [0.5, 0.6) is 0 Å². The van der Waals surface area contributed by atoms with E-state index in [-0.39, 0.29) is 18.3 Å². The second kappa shape index (κ2) is 10.2. The number of halogens is 1. The molecule has 32 heavy (non-hydrogen) atoms. The number of anilines is 2. The van der Waals surface area contributed by atoms with Gasteiger partial charge in [-0.25, -0.2) is 14.4 Å². The molecule has 7 nitrogen and oxygen atoms in total. The number of aliphatic hydroxyl groups excluding tert-OH is 1. The Kier molecular flexibility index (Phi) is 7.12. The van der Waals surface area contributed by atoms with E-state index < -0.39 is 5.82 Å². The van der Waals surface area contributed by atoms with E-state index in [0.717, 1.165) is 51.0 Å². The molecule has 0 saturated heterocycles. The maximum atomic E-state index is 14.4. The molecule has 3 aromatic rings. The Morgan fingerprint density at radius 1 is 1.16 bits per heavy atom. The minimum Gasteiger partial charge on any atom is -0.396 e. The summed E-state index contributed by atoms with van der Waals surface area (Å²) >= 11 is 0. The molecule has 0 unspecified atom stereocenters. The van der Waals surface area contributed by atoms with Crippen molar-refractivity contribution >= 4 is 11.6 Å². The van der Waals surface area contributed by atoms with Crippen molar-refractivity contribution in [2.24, 2.45) is 0 Å². The molecule has 0 fully saturated rings. The maximum absolute atomic E-state index is 14.4. The molecule has 2 aromatic heterocycles. The van der Waals surface area contributed by atoms with Crippen molar-refractivity contribution in [2.75, 3.05) is 25.0 Å². The van der Waals surface area contributed by atoms with Gasteiger partial charge in [-0.05, 0) is 69.3 Å². The number of hydrogen-bond donors (Lipinski definition) is 2.